The quantitative estimate of drug-likeness (QED) is 0.640. The number of fused-ring (bicyclic) bond motifs is 1. The molecule has 0 saturated heterocycles. The van der Waals surface area contributed by atoms with Gasteiger partial charge in [0.15, 0.2) is 16.2 Å². The van der Waals surface area contributed by atoms with Crippen LogP contribution < -0.4 is 9.47 Å². The van der Waals surface area contributed by atoms with E-state index in [1.54, 1.807) is 6.07 Å². The smallest absolute Gasteiger partial charge is 0.231 e. The molecule has 0 N–H and O–H groups in total. The Hall–Kier alpha value is -0.240. The molecule has 19 heavy (non-hydrogen) atoms. The molecule has 8 heteroatoms. The first-order valence-corrected chi connectivity index (χ1v) is 7.97. The van der Waals surface area contributed by atoms with Gasteiger partial charge < -0.3 is 14.0 Å². The van der Waals surface area contributed by atoms with Gasteiger partial charge in [-0.2, -0.15) is 0 Å². The number of aromatic nitrogens is 2. The number of hydrogen-bond donors (Lipinski definition) is 0. The van der Waals surface area contributed by atoms with Gasteiger partial charge in [0.2, 0.25) is 6.79 Å². The zero-order valence-corrected chi connectivity index (χ0v) is 14.8. The lowest BCUT2D eigenvalue weighted by Crippen LogP contribution is -2.01. The highest BCUT2D eigenvalue weighted by Crippen LogP contribution is 2.38. The molecule has 0 spiro atoms. The van der Waals surface area contributed by atoms with E-state index in [2.05, 4.69) is 52.8 Å². The molecule has 2 heterocycles. The third-order valence-electron chi connectivity index (χ3n) is 2.69. The summed E-state index contributed by atoms with van der Waals surface area (Å²) in [6.45, 7) is 0.800. The monoisotopic (exact) mass is 470 g/mol. The van der Waals surface area contributed by atoms with Crippen LogP contribution in [0.5, 0.6) is 11.5 Å². The van der Waals surface area contributed by atoms with Crippen LogP contribution in [-0.4, -0.2) is 16.3 Å². The van der Waals surface area contributed by atoms with Crippen molar-refractivity contribution in [3.63, 3.8) is 0 Å². The van der Waals surface area contributed by atoms with E-state index >= 15 is 0 Å². The van der Waals surface area contributed by atoms with E-state index in [0.29, 0.717) is 27.8 Å². The number of nitrogens with zero attached hydrogens (tertiary/aromatic N) is 2. The third kappa shape index (κ3) is 2.53. The van der Waals surface area contributed by atoms with Crippen molar-refractivity contribution < 1.29 is 9.47 Å². The predicted octanol–water partition coefficient (Wildman–Crippen LogP) is 4.60. The second kappa shape index (κ2) is 5.27. The highest BCUT2D eigenvalue weighted by Gasteiger charge is 2.18. The van der Waals surface area contributed by atoms with E-state index in [0.717, 1.165) is 14.8 Å². The fraction of sp³-hybridized carbons (Fsp3) is 0.182. The summed E-state index contributed by atoms with van der Waals surface area (Å²) in [7, 11) is 0. The highest BCUT2D eigenvalue weighted by molar-refractivity contribution is 9.13. The number of ether oxygens (including phenoxy) is 2. The lowest BCUT2D eigenvalue weighted by atomic mass is 10.2. The average Bonchev–Trinajstić information content (AvgIpc) is 2.89. The molecule has 3 rings (SSSR count). The van der Waals surface area contributed by atoms with Crippen LogP contribution in [-0.2, 0) is 6.54 Å². The minimum atomic E-state index is 0.235. The Balaban J connectivity index is 1.99. The van der Waals surface area contributed by atoms with Gasteiger partial charge in [-0.3, -0.25) is 0 Å². The fourth-order valence-electron chi connectivity index (χ4n) is 1.77. The first-order valence-electron chi connectivity index (χ1n) is 5.21. The molecule has 100 valence electrons. The van der Waals surface area contributed by atoms with Crippen LogP contribution in [0, 0.1) is 0 Å². The molecule has 2 aromatic rings. The second-order valence-corrected chi connectivity index (χ2v) is 6.46. The maximum atomic E-state index is 6.26. The van der Waals surface area contributed by atoms with Crippen LogP contribution in [0.15, 0.2) is 26.1 Å². The van der Waals surface area contributed by atoms with Crippen LogP contribution in [0.25, 0.3) is 0 Å². The summed E-state index contributed by atoms with van der Waals surface area (Å²) in [5.74, 6) is 1.39. The topological polar surface area (TPSA) is 36.3 Å². The molecule has 1 aliphatic heterocycles. The molecule has 0 saturated carbocycles. The van der Waals surface area contributed by atoms with Crippen LogP contribution in [0.2, 0.25) is 5.02 Å². The SMILES string of the molecule is Clc1cc2c(cc1Cn1c(Br)nc(Br)c1Br)OCO2. The van der Waals surface area contributed by atoms with Gasteiger partial charge in [0.1, 0.15) is 9.21 Å². The normalized spacial score (nSPS) is 13.1. The number of rotatable bonds is 2. The van der Waals surface area contributed by atoms with Crippen molar-refractivity contribution >= 4 is 59.4 Å². The molecule has 0 aliphatic carbocycles. The molecule has 0 fully saturated rings. The number of benzene rings is 1. The van der Waals surface area contributed by atoms with E-state index in [1.165, 1.54) is 0 Å². The summed E-state index contributed by atoms with van der Waals surface area (Å²) in [6, 6.07) is 3.66. The summed E-state index contributed by atoms with van der Waals surface area (Å²) in [4.78, 5) is 4.26. The average molecular weight is 473 g/mol. The largest absolute Gasteiger partial charge is 0.454 e. The highest BCUT2D eigenvalue weighted by atomic mass is 79.9. The Bertz CT molecular complexity index is 660. The molecular formula is C11H6Br3ClN2O2. The van der Waals surface area contributed by atoms with Crippen molar-refractivity contribution in [3.05, 3.63) is 36.7 Å². The van der Waals surface area contributed by atoms with Crippen molar-refractivity contribution in [1.29, 1.82) is 0 Å². The van der Waals surface area contributed by atoms with Gasteiger partial charge in [-0.25, -0.2) is 4.98 Å². The summed E-state index contributed by atoms with van der Waals surface area (Å²) < 4.78 is 14.9. The van der Waals surface area contributed by atoms with Crippen molar-refractivity contribution in [2.75, 3.05) is 6.79 Å². The van der Waals surface area contributed by atoms with Gasteiger partial charge in [0, 0.05) is 11.1 Å². The molecule has 1 aromatic carbocycles. The minimum absolute atomic E-state index is 0.235. The lowest BCUT2D eigenvalue weighted by Gasteiger charge is -2.09. The van der Waals surface area contributed by atoms with Gasteiger partial charge in [-0.15, -0.1) is 0 Å². The van der Waals surface area contributed by atoms with E-state index in [1.807, 2.05) is 10.6 Å². The summed E-state index contributed by atoms with van der Waals surface area (Å²) in [5.41, 5.74) is 0.928. The van der Waals surface area contributed by atoms with Crippen molar-refractivity contribution in [2.24, 2.45) is 0 Å². The van der Waals surface area contributed by atoms with E-state index < -0.39 is 0 Å². The number of hydrogen-bond acceptors (Lipinski definition) is 3. The minimum Gasteiger partial charge on any atom is -0.454 e. The molecule has 4 nitrogen and oxygen atoms in total. The van der Waals surface area contributed by atoms with Gasteiger partial charge in [0.05, 0.1) is 6.54 Å². The van der Waals surface area contributed by atoms with Crippen molar-refractivity contribution in [2.45, 2.75) is 6.54 Å². The Morgan fingerprint density at radius 1 is 1.21 bits per heavy atom. The van der Waals surface area contributed by atoms with E-state index in [4.69, 9.17) is 21.1 Å². The van der Waals surface area contributed by atoms with Crippen LogP contribution in [0.3, 0.4) is 0 Å². The first kappa shape index (κ1) is 13.7. The molecule has 0 amide bonds. The maximum absolute atomic E-state index is 6.26. The van der Waals surface area contributed by atoms with Crippen LogP contribution in [0.1, 0.15) is 5.56 Å². The second-order valence-electron chi connectivity index (χ2n) is 3.85. The fourth-order valence-corrected chi connectivity index (χ4v) is 3.70. The molecule has 0 unspecified atom stereocenters. The Labute approximate surface area is 139 Å². The molecule has 1 aromatic heterocycles. The Morgan fingerprint density at radius 2 is 1.89 bits per heavy atom. The van der Waals surface area contributed by atoms with Crippen LogP contribution in [0.4, 0.5) is 0 Å². The predicted molar refractivity (Wildman–Crippen MR) is 82.0 cm³/mol. The van der Waals surface area contributed by atoms with Gasteiger partial charge in [0.25, 0.3) is 0 Å². The van der Waals surface area contributed by atoms with E-state index in [-0.39, 0.29) is 6.79 Å². The summed E-state index contributed by atoms with van der Waals surface area (Å²) in [6.07, 6.45) is 0. The third-order valence-corrected chi connectivity index (χ3v) is 5.54. The van der Waals surface area contributed by atoms with Gasteiger partial charge in [-0.05, 0) is 59.4 Å². The molecular weight excluding hydrogens is 467 g/mol. The maximum Gasteiger partial charge on any atom is 0.231 e. The molecule has 0 bridgehead atoms. The molecule has 1 aliphatic rings. The van der Waals surface area contributed by atoms with E-state index in [9.17, 15) is 0 Å². The lowest BCUT2D eigenvalue weighted by molar-refractivity contribution is 0.174. The zero-order chi connectivity index (χ0) is 13.6. The molecule has 0 radical (unpaired) electrons. The number of halogens is 4. The summed E-state index contributed by atoms with van der Waals surface area (Å²) in [5, 5.41) is 0.632. The zero-order valence-electron chi connectivity index (χ0n) is 9.29. The van der Waals surface area contributed by atoms with Crippen LogP contribution >= 0.6 is 59.4 Å². The standard InChI is InChI=1S/C11H6Br3ClN2O2/c12-9-10(13)17(11(14)16-9)3-5-1-7-8(2-6(5)15)19-4-18-7/h1-2H,3-4H2. The summed E-state index contributed by atoms with van der Waals surface area (Å²) >= 11 is 16.5. The Morgan fingerprint density at radius 3 is 2.53 bits per heavy atom. The first-order chi connectivity index (χ1) is 9.06. The van der Waals surface area contributed by atoms with Crippen molar-refractivity contribution in [1.82, 2.24) is 9.55 Å². The number of imidazole rings is 1. The van der Waals surface area contributed by atoms with Crippen molar-refractivity contribution in [3.8, 4) is 11.5 Å². The molecule has 0 atom stereocenters. The van der Waals surface area contributed by atoms with Gasteiger partial charge >= 0.3 is 0 Å². The Kier molecular flexibility index (Phi) is 3.81. The van der Waals surface area contributed by atoms with Gasteiger partial charge in [-0.1, -0.05) is 11.6 Å².